The Labute approximate surface area is 220 Å². The number of primary amides is 1. The summed E-state index contributed by atoms with van der Waals surface area (Å²) in [6, 6.07) is 13.2. The molecule has 4 rings (SSSR count). The summed E-state index contributed by atoms with van der Waals surface area (Å²) in [5.41, 5.74) is 9.30. The molecule has 1 unspecified atom stereocenters. The molecule has 194 valence electrons. The van der Waals surface area contributed by atoms with Crippen molar-refractivity contribution in [3.05, 3.63) is 99.1 Å². The van der Waals surface area contributed by atoms with Gasteiger partial charge in [-0.1, -0.05) is 62.7 Å². The standard InChI is InChI=1S/C29H29ClF2N2O3/c1-29(2,3)20-9-6-17(7-10-20)16-37-28(36)22-15-21(30)13-18-5-4-12-34(25(18)22)26(27(33)35)19-8-11-23(31)24(32)14-19/h6-11,13-15,26H,4-5,12,16H2,1-3H3,(H2,33,35). The minimum absolute atomic E-state index is 0.00290. The summed E-state index contributed by atoms with van der Waals surface area (Å²) >= 11 is 6.34. The van der Waals surface area contributed by atoms with Gasteiger partial charge in [0.25, 0.3) is 0 Å². The molecule has 1 aliphatic rings. The van der Waals surface area contributed by atoms with Gasteiger partial charge in [0.2, 0.25) is 5.91 Å². The first-order valence-electron chi connectivity index (χ1n) is 12.1. The number of esters is 1. The SMILES string of the molecule is CC(C)(C)c1ccc(COC(=O)c2cc(Cl)cc3c2N(C(C(N)=O)c2ccc(F)c(F)c2)CCC3)cc1. The van der Waals surface area contributed by atoms with Gasteiger partial charge in [-0.15, -0.1) is 0 Å². The largest absolute Gasteiger partial charge is 0.457 e. The second-order valence-corrected chi connectivity index (χ2v) is 10.7. The zero-order valence-electron chi connectivity index (χ0n) is 21.0. The fourth-order valence-electron chi connectivity index (χ4n) is 4.66. The Morgan fingerprint density at radius 1 is 1.05 bits per heavy atom. The second-order valence-electron chi connectivity index (χ2n) is 10.3. The third-order valence-corrected chi connectivity index (χ3v) is 6.75. The maximum Gasteiger partial charge on any atom is 0.340 e. The van der Waals surface area contributed by atoms with Crippen molar-refractivity contribution in [2.24, 2.45) is 5.73 Å². The number of benzene rings is 3. The summed E-state index contributed by atoms with van der Waals surface area (Å²) in [7, 11) is 0. The van der Waals surface area contributed by atoms with Crippen LogP contribution in [-0.4, -0.2) is 18.4 Å². The number of rotatable bonds is 6. The Morgan fingerprint density at radius 3 is 2.38 bits per heavy atom. The lowest BCUT2D eigenvalue weighted by Crippen LogP contribution is -2.41. The van der Waals surface area contributed by atoms with Crippen molar-refractivity contribution in [1.29, 1.82) is 0 Å². The molecule has 2 N–H and O–H groups in total. The van der Waals surface area contributed by atoms with Gasteiger partial charge in [0, 0.05) is 11.6 Å². The van der Waals surface area contributed by atoms with E-state index >= 15 is 0 Å². The number of anilines is 1. The van der Waals surface area contributed by atoms with Crippen LogP contribution in [0.25, 0.3) is 0 Å². The number of hydrogen-bond donors (Lipinski definition) is 1. The topological polar surface area (TPSA) is 72.6 Å². The molecule has 0 saturated heterocycles. The van der Waals surface area contributed by atoms with E-state index in [9.17, 15) is 18.4 Å². The Bertz CT molecular complexity index is 1340. The van der Waals surface area contributed by atoms with Crippen molar-refractivity contribution in [2.75, 3.05) is 11.4 Å². The summed E-state index contributed by atoms with van der Waals surface area (Å²) in [6.45, 7) is 6.78. The Hall–Kier alpha value is -3.45. The maximum absolute atomic E-state index is 14.0. The van der Waals surface area contributed by atoms with Gasteiger partial charge in [-0.3, -0.25) is 4.79 Å². The Morgan fingerprint density at radius 2 is 1.76 bits per heavy atom. The van der Waals surface area contributed by atoms with Crippen molar-refractivity contribution >= 4 is 29.2 Å². The lowest BCUT2D eigenvalue weighted by Gasteiger charge is -2.38. The van der Waals surface area contributed by atoms with Gasteiger partial charge in [0.05, 0.1) is 11.3 Å². The summed E-state index contributed by atoms with van der Waals surface area (Å²) in [4.78, 5) is 27.5. The smallest absolute Gasteiger partial charge is 0.340 e. The van der Waals surface area contributed by atoms with E-state index < -0.39 is 29.6 Å². The number of amides is 1. The molecule has 37 heavy (non-hydrogen) atoms. The third kappa shape index (κ3) is 5.77. The zero-order valence-corrected chi connectivity index (χ0v) is 21.7. The average Bonchev–Trinajstić information content (AvgIpc) is 2.83. The van der Waals surface area contributed by atoms with Gasteiger partial charge in [-0.25, -0.2) is 13.6 Å². The predicted octanol–water partition coefficient (Wildman–Crippen LogP) is 6.25. The number of nitrogens with zero attached hydrogens (tertiary/aromatic N) is 1. The van der Waals surface area contributed by atoms with E-state index in [-0.39, 0.29) is 23.1 Å². The number of halogens is 3. The molecule has 0 fully saturated rings. The van der Waals surface area contributed by atoms with Crippen molar-refractivity contribution in [3.8, 4) is 0 Å². The van der Waals surface area contributed by atoms with E-state index in [4.69, 9.17) is 22.1 Å². The molecule has 1 heterocycles. The Kier molecular flexibility index (Phi) is 7.55. The molecule has 1 atom stereocenters. The van der Waals surface area contributed by atoms with E-state index in [2.05, 4.69) is 20.8 Å². The van der Waals surface area contributed by atoms with Crippen molar-refractivity contribution < 1.29 is 23.1 Å². The van der Waals surface area contributed by atoms with Gasteiger partial charge in [0.1, 0.15) is 12.6 Å². The summed E-state index contributed by atoms with van der Waals surface area (Å²) in [6.07, 6.45) is 1.26. The molecule has 0 spiro atoms. The fraction of sp³-hybridized carbons (Fsp3) is 0.310. The second kappa shape index (κ2) is 10.5. The molecule has 0 radical (unpaired) electrons. The van der Waals surface area contributed by atoms with Gasteiger partial charge in [-0.05, 0) is 64.8 Å². The number of ether oxygens (including phenoxy) is 1. The first-order chi connectivity index (χ1) is 17.5. The number of hydrogen-bond acceptors (Lipinski definition) is 4. The van der Waals surface area contributed by atoms with Crippen LogP contribution in [0.4, 0.5) is 14.5 Å². The molecule has 8 heteroatoms. The molecule has 1 amide bonds. The van der Waals surface area contributed by atoms with E-state index in [0.29, 0.717) is 30.1 Å². The van der Waals surface area contributed by atoms with E-state index in [1.54, 1.807) is 11.0 Å². The highest BCUT2D eigenvalue weighted by molar-refractivity contribution is 6.31. The highest BCUT2D eigenvalue weighted by Crippen LogP contribution is 2.39. The molecule has 3 aromatic carbocycles. The van der Waals surface area contributed by atoms with Crippen LogP contribution in [0.2, 0.25) is 5.02 Å². The minimum atomic E-state index is -1.12. The number of aryl methyl sites for hydroxylation is 1. The van der Waals surface area contributed by atoms with Crippen LogP contribution in [-0.2, 0) is 28.0 Å². The molecule has 0 saturated carbocycles. The van der Waals surface area contributed by atoms with Crippen LogP contribution in [0.15, 0.2) is 54.6 Å². The fourth-order valence-corrected chi connectivity index (χ4v) is 4.90. The van der Waals surface area contributed by atoms with Gasteiger partial charge >= 0.3 is 5.97 Å². The lowest BCUT2D eigenvalue weighted by molar-refractivity contribution is -0.119. The van der Waals surface area contributed by atoms with Gasteiger partial charge in [0.15, 0.2) is 11.6 Å². The number of nitrogens with two attached hydrogens (primary N) is 1. The van der Waals surface area contributed by atoms with Crippen LogP contribution in [0, 0.1) is 11.6 Å². The quantitative estimate of drug-likeness (QED) is 0.385. The highest BCUT2D eigenvalue weighted by Gasteiger charge is 2.34. The van der Waals surface area contributed by atoms with Gasteiger partial charge in [-0.2, -0.15) is 0 Å². The first-order valence-corrected chi connectivity index (χ1v) is 12.4. The number of carbonyl (C=O) groups excluding carboxylic acids is 2. The summed E-state index contributed by atoms with van der Waals surface area (Å²) in [5, 5.41) is 0.352. The highest BCUT2D eigenvalue weighted by atomic mass is 35.5. The molecule has 0 aliphatic carbocycles. The molecular formula is C29H29ClF2N2O3. The van der Waals surface area contributed by atoms with E-state index in [0.717, 1.165) is 28.8 Å². The molecule has 5 nitrogen and oxygen atoms in total. The van der Waals surface area contributed by atoms with Crippen LogP contribution >= 0.6 is 11.6 Å². The van der Waals surface area contributed by atoms with Crippen LogP contribution < -0.4 is 10.6 Å². The molecule has 1 aliphatic heterocycles. The van der Waals surface area contributed by atoms with E-state index in [1.165, 1.54) is 12.1 Å². The number of carbonyl (C=O) groups is 2. The summed E-state index contributed by atoms with van der Waals surface area (Å²) < 4.78 is 33.3. The van der Waals surface area contributed by atoms with Crippen LogP contribution in [0.5, 0.6) is 0 Å². The van der Waals surface area contributed by atoms with Crippen molar-refractivity contribution in [1.82, 2.24) is 0 Å². The number of fused-ring (bicyclic) bond motifs is 1. The molecule has 0 bridgehead atoms. The average molecular weight is 527 g/mol. The Balaban J connectivity index is 1.67. The van der Waals surface area contributed by atoms with Crippen molar-refractivity contribution in [3.63, 3.8) is 0 Å². The first kappa shape index (κ1) is 26.6. The van der Waals surface area contributed by atoms with Gasteiger partial charge < -0.3 is 15.4 Å². The maximum atomic E-state index is 14.0. The molecule has 0 aromatic heterocycles. The predicted molar refractivity (Wildman–Crippen MR) is 140 cm³/mol. The zero-order chi connectivity index (χ0) is 26.9. The summed E-state index contributed by atoms with van der Waals surface area (Å²) in [5.74, 6) is -3.49. The lowest BCUT2D eigenvalue weighted by atomic mass is 9.87. The van der Waals surface area contributed by atoms with Crippen LogP contribution in [0.3, 0.4) is 0 Å². The van der Waals surface area contributed by atoms with E-state index in [1.807, 2.05) is 24.3 Å². The normalized spacial score (nSPS) is 14.2. The third-order valence-electron chi connectivity index (χ3n) is 6.54. The van der Waals surface area contributed by atoms with Crippen LogP contribution in [0.1, 0.15) is 65.8 Å². The monoisotopic (exact) mass is 526 g/mol. The van der Waals surface area contributed by atoms with Crippen molar-refractivity contribution in [2.45, 2.75) is 51.7 Å². The minimum Gasteiger partial charge on any atom is -0.457 e. The molecular weight excluding hydrogens is 498 g/mol. The molecule has 3 aromatic rings.